The number of nitrogens with one attached hydrogen (secondary N) is 1. The van der Waals surface area contributed by atoms with E-state index in [1.54, 1.807) is 34.1 Å². The van der Waals surface area contributed by atoms with Crippen LogP contribution in [-0.2, 0) is 0 Å². The summed E-state index contributed by atoms with van der Waals surface area (Å²) in [6.45, 7) is 5.94. The lowest BCUT2D eigenvalue weighted by molar-refractivity contribution is 0.108. The van der Waals surface area contributed by atoms with Crippen LogP contribution in [0.3, 0.4) is 0 Å². The number of carbonyl (C=O) groups is 3. The van der Waals surface area contributed by atoms with E-state index < -0.39 is 0 Å². The molecule has 2 aromatic rings. The summed E-state index contributed by atoms with van der Waals surface area (Å²) in [5.41, 5.74) is 2.48. The largest absolute Gasteiger partial charge is 0.330 e. The van der Waals surface area contributed by atoms with Crippen molar-refractivity contribution >= 4 is 46.2 Å². The summed E-state index contributed by atoms with van der Waals surface area (Å²) in [6.07, 6.45) is 0. The third-order valence-corrected chi connectivity index (χ3v) is 5.70. The predicted octanol–water partition coefficient (Wildman–Crippen LogP) is 5.07. The van der Waals surface area contributed by atoms with Gasteiger partial charge in [0.05, 0.1) is 0 Å². The number of nitrogens with zero attached hydrogens (tertiary/aromatic N) is 2. The number of hydrogen-bond donors (Lipinski definition) is 1. The second-order valence-electron chi connectivity index (χ2n) is 7.20. The molecule has 0 saturated carbocycles. The summed E-state index contributed by atoms with van der Waals surface area (Å²) in [7, 11) is 0. The first-order valence-corrected chi connectivity index (χ1v) is 10.5. The van der Waals surface area contributed by atoms with E-state index in [1.165, 1.54) is 5.56 Å². The SMILES string of the molecule is CC(C)c1ccc(NC(=O)N2CCN(C(=O)SC(=O)c3ccccc3)CC2)cc1.Cl. The zero-order valence-electron chi connectivity index (χ0n) is 17.0. The molecule has 0 spiro atoms. The van der Waals surface area contributed by atoms with Gasteiger partial charge in [0, 0.05) is 49.2 Å². The molecule has 2 aromatic carbocycles. The maximum Gasteiger partial charge on any atom is 0.321 e. The quantitative estimate of drug-likeness (QED) is 0.712. The second kappa shape index (κ2) is 11.0. The van der Waals surface area contributed by atoms with Gasteiger partial charge in [0.1, 0.15) is 0 Å². The van der Waals surface area contributed by atoms with Gasteiger partial charge in [-0.25, -0.2) is 4.79 Å². The van der Waals surface area contributed by atoms with Crippen molar-refractivity contribution in [3.63, 3.8) is 0 Å². The van der Waals surface area contributed by atoms with Crippen LogP contribution in [0.1, 0.15) is 35.7 Å². The molecule has 0 bridgehead atoms. The molecule has 1 saturated heterocycles. The van der Waals surface area contributed by atoms with Crippen molar-refractivity contribution in [3.05, 3.63) is 65.7 Å². The molecular weight excluding hydrogens is 422 g/mol. The Balaban J connectivity index is 0.00000320. The maximum absolute atomic E-state index is 12.5. The minimum Gasteiger partial charge on any atom is -0.330 e. The molecule has 1 N–H and O–H groups in total. The van der Waals surface area contributed by atoms with E-state index in [-0.39, 0.29) is 28.8 Å². The normalized spacial score (nSPS) is 13.6. The number of benzene rings is 2. The molecule has 0 unspecified atom stereocenters. The summed E-state index contributed by atoms with van der Waals surface area (Å²) in [5.74, 6) is 0.442. The molecule has 1 aliphatic rings. The first kappa shape index (κ1) is 23.8. The number of piperazine rings is 1. The highest BCUT2D eigenvalue weighted by Gasteiger charge is 2.26. The van der Waals surface area contributed by atoms with Crippen molar-refractivity contribution in [2.24, 2.45) is 0 Å². The number of urea groups is 1. The van der Waals surface area contributed by atoms with Crippen LogP contribution in [0.5, 0.6) is 0 Å². The van der Waals surface area contributed by atoms with Crippen molar-refractivity contribution < 1.29 is 14.4 Å². The van der Waals surface area contributed by atoms with Gasteiger partial charge in [-0.05, 0) is 23.6 Å². The van der Waals surface area contributed by atoms with Crippen LogP contribution in [-0.4, -0.2) is 52.4 Å². The molecule has 0 atom stereocenters. The van der Waals surface area contributed by atoms with Gasteiger partial charge in [-0.2, -0.15) is 0 Å². The summed E-state index contributed by atoms with van der Waals surface area (Å²) in [4.78, 5) is 40.3. The van der Waals surface area contributed by atoms with E-state index in [0.29, 0.717) is 49.4 Å². The first-order chi connectivity index (χ1) is 13.9. The Bertz CT molecular complexity index is 867. The average Bonchev–Trinajstić information content (AvgIpc) is 2.74. The van der Waals surface area contributed by atoms with E-state index in [1.807, 2.05) is 30.3 Å². The molecule has 160 valence electrons. The van der Waals surface area contributed by atoms with Gasteiger partial charge in [0.2, 0.25) is 5.12 Å². The summed E-state index contributed by atoms with van der Waals surface area (Å²) >= 11 is 0.704. The smallest absolute Gasteiger partial charge is 0.321 e. The summed E-state index contributed by atoms with van der Waals surface area (Å²) < 4.78 is 0. The third kappa shape index (κ3) is 6.24. The van der Waals surface area contributed by atoms with Crippen molar-refractivity contribution in [1.29, 1.82) is 0 Å². The molecule has 8 heteroatoms. The van der Waals surface area contributed by atoms with Crippen LogP contribution >= 0.6 is 24.2 Å². The van der Waals surface area contributed by atoms with Crippen molar-refractivity contribution in [2.45, 2.75) is 19.8 Å². The Morgan fingerprint density at radius 1 is 0.867 bits per heavy atom. The fourth-order valence-corrected chi connectivity index (χ4v) is 3.75. The Hall–Kier alpha value is -2.51. The highest BCUT2D eigenvalue weighted by molar-refractivity contribution is 8.26. The molecule has 1 heterocycles. The van der Waals surface area contributed by atoms with Gasteiger partial charge in [0.15, 0.2) is 0 Å². The minimum atomic E-state index is -0.275. The molecule has 6 nitrogen and oxygen atoms in total. The fraction of sp³-hybridized carbons (Fsp3) is 0.318. The van der Waals surface area contributed by atoms with Crippen LogP contribution < -0.4 is 5.32 Å². The van der Waals surface area contributed by atoms with Crippen LogP contribution in [0.25, 0.3) is 0 Å². The monoisotopic (exact) mass is 447 g/mol. The second-order valence-corrected chi connectivity index (χ2v) is 8.13. The van der Waals surface area contributed by atoms with Crippen molar-refractivity contribution in [1.82, 2.24) is 9.80 Å². The first-order valence-electron chi connectivity index (χ1n) is 9.66. The molecule has 0 aromatic heterocycles. The van der Waals surface area contributed by atoms with Crippen molar-refractivity contribution in [3.8, 4) is 0 Å². The van der Waals surface area contributed by atoms with Gasteiger partial charge in [0.25, 0.3) is 5.24 Å². The fourth-order valence-electron chi connectivity index (χ4n) is 3.02. The highest BCUT2D eigenvalue weighted by atomic mass is 35.5. The predicted molar refractivity (Wildman–Crippen MR) is 124 cm³/mol. The molecule has 30 heavy (non-hydrogen) atoms. The van der Waals surface area contributed by atoms with Gasteiger partial charge >= 0.3 is 6.03 Å². The molecule has 3 rings (SSSR count). The lowest BCUT2D eigenvalue weighted by Crippen LogP contribution is -2.51. The van der Waals surface area contributed by atoms with Crippen molar-refractivity contribution in [2.75, 3.05) is 31.5 Å². The molecule has 1 fully saturated rings. The Morgan fingerprint density at radius 3 is 2.00 bits per heavy atom. The zero-order chi connectivity index (χ0) is 20.8. The molecule has 0 aliphatic carbocycles. The molecular formula is C22H26ClN3O3S. The molecule has 3 amide bonds. The van der Waals surface area contributed by atoms with Crippen LogP contribution in [0, 0.1) is 0 Å². The number of thioether (sulfide) groups is 1. The van der Waals surface area contributed by atoms with Crippen LogP contribution in [0.15, 0.2) is 54.6 Å². The Kier molecular flexibility index (Phi) is 8.74. The number of hydrogen-bond acceptors (Lipinski definition) is 4. The average molecular weight is 448 g/mol. The van der Waals surface area contributed by atoms with Crippen LogP contribution in [0.4, 0.5) is 15.3 Å². The molecule has 1 aliphatic heterocycles. The number of amides is 3. The summed E-state index contributed by atoms with van der Waals surface area (Å²) in [6, 6.07) is 16.4. The highest BCUT2D eigenvalue weighted by Crippen LogP contribution is 2.19. The number of halogens is 1. The Labute approximate surface area is 187 Å². The maximum atomic E-state index is 12.5. The van der Waals surface area contributed by atoms with Gasteiger partial charge in [-0.1, -0.05) is 56.3 Å². The number of carbonyl (C=O) groups excluding carboxylic acids is 3. The topological polar surface area (TPSA) is 69.7 Å². The van der Waals surface area contributed by atoms with Gasteiger partial charge in [-0.3, -0.25) is 9.59 Å². The number of rotatable bonds is 3. The Morgan fingerprint density at radius 2 is 1.43 bits per heavy atom. The van der Waals surface area contributed by atoms with E-state index in [0.717, 1.165) is 5.69 Å². The lowest BCUT2D eigenvalue weighted by Gasteiger charge is -2.34. The van der Waals surface area contributed by atoms with E-state index in [2.05, 4.69) is 19.2 Å². The lowest BCUT2D eigenvalue weighted by atomic mass is 10.0. The zero-order valence-corrected chi connectivity index (χ0v) is 18.7. The molecule has 0 radical (unpaired) electrons. The minimum absolute atomic E-state index is 0. The van der Waals surface area contributed by atoms with E-state index >= 15 is 0 Å². The van der Waals surface area contributed by atoms with E-state index in [4.69, 9.17) is 0 Å². The van der Waals surface area contributed by atoms with Gasteiger partial charge in [-0.15, -0.1) is 12.4 Å². The third-order valence-electron chi connectivity index (χ3n) is 4.84. The standard InChI is InChI=1S/C22H25N3O3S.ClH/c1-16(2)17-8-10-19(11-9-17)23-21(27)24-12-14-25(15-13-24)22(28)29-20(26)18-6-4-3-5-7-18;/h3-11,16H,12-15H2,1-2H3,(H,23,27);1H. The summed E-state index contributed by atoms with van der Waals surface area (Å²) in [5, 5.41) is 2.36. The number of anilines is 1. The van der Waals surface area contributed by atoms with E-state index in [9.17, 15) is 14.4 Å². The van der Waals surface area contributed by atoms with Crippen LogP contribution in [0.2, 0.25) is 0 Å². The van der Waals surface area contributed by atoms with Gasteiger partial charge < -0.3 is 15.1 Å².